The highest BCUT2D eigenvalue weighted by Gasteiger charge is 2.24. The van der Waals surface area contributed by atoms with Crippen LogP contribution in [-0.4, -0.2) is 18.1 Å². The molecule has 0 saturated carbocycles. The molecule has 2 aromatic carbocycles. The Hall–Kier alpha value is -2.64. The first kappa shape index (κ1) is 21.1. The van der Waals surface area contributed by atoms with Crippen LogP contribution >= 0.6 is 11.3 Å². The molecule has 1 heterocycles. The molecule has 0 unspecified atom stereocenters. The maximum atomic E-state index is 13.4. The average Bonchev–Trinajstić information content (AvgIpc) is 3.08. The zero-order chi connectivity index (χ0) is 21.0. The molecule has 0 atom stereocenters. The Morgan fingerprint density at radius 2 is 1.72 bits per heavy atom. The molecule has 0 amide bonds. The summed E-state index contributed by atoms with van der Waals surface area (Å²) >= 11 is 1.49. The SMILES string of the molecule is COC(=O)c1ccc(COCc2sc(-c3ccc(C(C)(F)F)cc3)nc2C)cc1. The molecule has 0 N–H and O–H groups in total. The van der Waals surface area contributed by atoms with E-state index in [9.17, 15) is 13.6 Å². The molecule has 0 bridgehead atoms. The van der Waals surface area contributed by atoms with Crippen molar-refractivity contribution in [1.29, 1.82) is 0 Å². The molecule has 0 aliphatic heterocycles. The molecule has 0 radical (unpaired) electrons. The van der Waals surface area contributed by atoms with E-state index >= 15 is 0 Å². The van der Waals surface area contributed by atoms with Gasteiger partial charge in [-0.05, 0) is 24.6 Å². The summed E-state index contributed by atoms with van der Waals surface area (Å²) < 4.78 is 37.2. The number of nitrogens with zero attached hydrogens (tertiary/aromatic N) is 1. The number of halogens is 2. The number of carbonyl (C=O) groups is 1. The van der Waals surface area contributed by atoms with Crippen molar-refractivity contribution in [3.8, 4) is 10.6 Å². The second-order valence-corrected chi connectivity index (χ2v) is 7.76. The van der Waals surface area contributed by atoms with E-state index in [0.717, 1.165) is 33.6 Å². The van der Waals surface area contributed by atoms with Crippen LogP contribution in [0.4, 0.5) is 8.78 Å². The summed E-state index contributed by atoms with van der Waals surface area (Å²) in [4.78, 5) is 17.0. The van der Waals surface area contributed by atoms with Gasteiger partial charge < -0.3 is 9.47 Å². The van der Waals surface area contributed by atoms with Crippen molar-refractivity contribution in [3.63, 3.8) is 0 Å². The molecule has 0 aliphatic rings. The van der Waals surface area contributed by atoms with Gasteiger partial charge in [-0.25, -0.2) is 18.6 Å². The fourth-order valence-corrected chi connectivity index (χ4v) is 3.71. The van der Waals surface area contributed by atoms with E-state index in [1.54, 1.807) is 24.3 Å². The molecule has 7 heteroatoms. The number of hydrogen-bond acceptors (Lipinski definition) is 5. The number of rotatable bonds is 7. The lowest BCUT2D eigenvalue weighted by molar-refractivity contribution is 0.0175. The molecule has 0 spiro atoms. The molecular formula is C22H21F2NO3S. The van der Waals surface area contributed by atoms with Crippen molar-refractivity contribution >= 4 is 17.3 Å². The van der Waals surface area contributed by atoms with Crippen molar-refractivity contribution in [2.24, 2.45) is 0 Å². The van der Waals surface area contributed by atoms with Gasteiger partial charge >= 0.3 is 5.97 Å². The minimum Gasteiger partial charge on any atom is -0.465 e. The Morgan fingerprint density at radius 3 is 2.31 bits per heavy atom. The fourth-order valence-electron chi connectivity index (χ4n) is 2.71. The summed E-state index contributed by atoms with van der Waals surface area (Å²) in [7, 11) is 1.35. The van der Waals surface area contributed by atoms with E-state index < -0.39 is 5.92 Å². The highest BCUT2D eigenvalue weighted by atomic mass is 32.1. The Labute approximate surface area is 172 Å². The van der Waals surface area contributed by atoms with Crippen LogP contribution < -0.4 is 0 Å². The molecule has 4 nitrogen and oxygen atoms in total. The molecule has 152 valence electrons. The number of methoxy groups -OCH3 is 1. The summed E-state index contributed by atoms with van der Waals surface area (Å²) in [5, 5.41) is 0.773. The highest BCUT2D eigenvalue weighted by Crippen LogP contribution is 2.32. The highest BCUT2D eigenvalue weighted by molar-refractivity contribution is 7.15. The van der Waals surface area contributed by atoms with Gasteiger partial charge in [-0.15, -0.1) is 11.3 Å². The van der Waals surface area contributed by atoms with E-state index in [1.165, 1.54) is 30.6 Å². The van der Waals surface area contributed by atoms with E-state index in [1.807, 2.05) is 19.1 Å². The molecule has 1 aromatic heterocycles. The number of thiazole rings is 1. The molecule has 3 aromatic rings. The zero-order valence-corrected chi connectivity index (χ0v) is 17.2. The second kappa shape index (κ2) is 8.80. The van der Waals surface area contributed by atoms with Gasteiger partial charge in [0.2, 0.25) is 0 Å². The summed E-state index contributed by atoms with van der Waals surface area (Å²) in [5.74, 6) is -3.23. The van der Waals surface area contributed by atoms with Crippen molar-refractivity contribution in [2.45, 2.75) is 33.0 Å². The molecule has 0 fully saturated rings. The number of hydrogen-bond donors (Lipinski definition) is 0. The molecule has 0 saturated heterocycles. The topological polar surface area (TPSA) is 48.4 Å². The second-order valence-electron chi connectivity index (χ2n) is 6.67. The first-order chi connectivity index (χ1) is 13.8. The van der Waals surface area contributed by atoms with E-state index in [0.29, 0.717) is 18.8 Å². The first-order valence-electron chi connectivity index (χ1n) is 8.98. The summed E-state index contributed by atoms with van der Waals surface area (Å²) in [6.07, 6.45) is 0. The van der Waals surface area contributed by atoms with Crippen molar-refractivity contribution < 1.29 is 23.0 Å². The minimum atomic E-state index is -2.86. The maximum absolute atomic E-state index is 13.4. The van der Waals surface area contributed by atoms with Gasteiger partial charge in [0.25, 0.3) is 5.92 Å². The monoisotopic (exact) mass is 417 g/mol. The Bertz CT molecular complexity index is 977. The maximum Gasteiger partial charge on any atom is 0.337 e. The molecule has 3 rings (SSSR count). The summed E-state index contributed by atoms with van der Waals surface area (Å²) in [6.45, 7) is 3.58. The van der Waals surface area contributed by atoms with Gasteiger partial charge in [0.1, 0.15) is 5.01 Å². The van der Waals surface area contributed by atoms with Gasteiger partial charge in [0.05, 0.1) is 36.5 Å². The Morgan fingerprint density at radius 1 is 1.07 bits per heavy atom. The molecule has 29 heavy (non-hydrogen) atoms. The normalized spacial score (nSPS) is 11.5. The molecule has 0 aliphatic carbocycles. The lowest BCUT2D eigenvalue weighted by Crippen LogP contribution is -2.06. The van der Waals surface area contributed by atoms with Crippen LogP contribution in [0.3, 0.4) is 0 Å². The number of aromatic nitrogens is 1. The number of carbonyl (C=O) groups excluding carboxylic acids is 1. The third-order valence-electron chi connectivity index (χ3n) is 4.41. The third kappa shape index (κ3) is 5.25. The number of alkyl halides is 2. The van der Waals surface area contributed by atoms with Gasteiger partial charge in [-0.3, -0.25) is 0 Å². The lowest BCUT2D eigenvalue weighted by atomic mass is 10.1. The van der Waals surface area contributed by atoms with Crippen molar-refractivity contribution in [2.75, 3.05) is 7.11 Å². The quantitative estimate of drug-likeness (QED) is 0.461. The van der Waals surface area contributed by atoms with Crippen molar-refractivity contribution in [1.82, 2.24) is 4.98 Å². The summed E-state index contributed by atoms with van der Waals surface area (Å²) in [6, 6.07) is 13.2. The predicted molar refractivity (Wildman–Crippen MR) is 108 cm³/mol. The van der Waals surface area contributed by atoms with E-state index in [2.05, 4.69) is 9.72 Å². The molecular weight excluding hydrogens is 396 g/mol. The Kier molecular flexibility index (Phi) is 6.39. The van der Waals surface area contributed by atoms with E-state index in [4.69, 9.17) is 4.74 Å². The largest absolute Gasteiger partial charge is 0.465 e. The van der Waals surface area contributed by atoms with Crippen LogP contribution in [0, 0.1) is 6.92 Å². The van der Waals surface area contributed by atoms with Crippen LogP contribution in [0.1, 0.15) is 39.0 Å². The number of esters is 1. The summed E-state index contributed by atoms with van der Waals surface area (Å²) in [5.41, 5.74) is 3.07. The van der Waals surface area contributed by atoms with Crippen molar-refractivity contribution in [3.05, 3.63) is 75.8 Å². The van der Waals surface area contributed by atoms with Gasteiger partial charge in [-0.2, -0.15) is 0 Å². The fraction of sp³-hybridized carbons (Fsp3) is 0.273. The Balaban J connectivity index is 1.61. The smallest absolute Gasteiger partial charge is 0.337 e. The van der Waals surface area contributed by atoms with Crippen LogP contribution in [0.25, 0.3) is 10.6 Å². The van der Waals surface area contributed by atoms with Crippen LogP contribution in [0.5, 0.6) is 0 Å². The van der Waals surface area contributed by atoms with Gasteiger partial charge in [0, 0.05) is 18.1 Å². The van der Waals surface area contributed by atoms with Crippen LogP contribution in [0.2, 0.25) is 0 Å². The number of benzene rings is 2. The van der Waals surface area contributed by atoms with Crippen LogP contribution in [-0.2, 0) is 28.6 Å². The number of aryl methyl sites for hydroxylation is 1. The number of ether oxygens (including phenoxy) is 2. The van der Waals surface area contributed by atoms with Gasteiger partial charge in [0.15, 0.2) is 0 Å². The third-order valence-corrected chi connectivity index (χ3v) is 5.59. The minimum absolute atomic E-state index is 0.0173. The standard InChI is InChI=1S/C22H21F2NO3S/c1-14-19(13-28-12-15-4-6-17(7-5-15)21(26)27-3)29-20(25-14)16-8-10-18(11-9-16)22(2,23)24/h4-11H,12-13H2,1-3H3. The van der Waals surface area contributed by atoms with Gasteiger partial charge in [-0.1, -0.05) is 36.4 Å². The predicted octanol–water partition coefficient (Wildman–Crippen LogP) is 5.73. The zero-order valence-electron chi connectivity index (χ0n) is 16.4. The lowest BCUT2D eigenvalue weighted by Gasteiger charge is -2.10. The average molecular weight is 417 g/mol. The van der Waals surface area contributed by atoms with E-state index in [-0.39, 0.29) is 11.5 Å². The first-order valence-corrected chi connectivity index (χ1v) is 9.79. The van der Waals surface area contributed by atoms with Crippen LogP contribution in [0.15, 0.2) is 48.5 Å².